The number of benzene rings is 1. The third kappa shape index (κ3) is 5.83. The van der Waals surface area contributed by atoms with Crippen LogP contribution in [-0.4, -0.2) is 20.8 Å². The van der Waals surface area contributed by atoms with Crippen molar-refractivity contribution in [3.8, 4) is 5.75 Å². The summed E-state index contributed by atoms with van der Waals surface area (Å²) in [5.74, 6) is 0.983. The molecule has 1 atom stereocenters. The average molecular weight is 305 g/mol. The minimum atomic E-state index is -3.47. The Morgan fingerprint density at radius 1 is 1.26 bits per heavy atom. The Balaban J connectivity index is 2.74. The van der Waals surface area contributed by atoms with Gasteiger partial charge >= 0.3 is 0 Å². The van der Waals surface area contributed by atoms with Crippen LogP contribution < -0.4 is 4.74 Å². The van der Waals surface area contributed by atoms with Crippen molar-refractivity contribution in [1.29, 1.82) is 0 Å². The molecule has 0 aliphatic heterocycles. The maximum Gasteiger partial charge on any atom is 0.232 e. The summed E-state index contributed by atoms with van der Waals surface area (Å²) < 4.78 is 27.7. The third-order valence-corrected chi connectivity index (χ3v) is 4.14. The maximum atomic E-state index is 11.0. The van der Waals surface area contributed by atoms with E-state index in [0.717, 1.165) is 16.9 Å². The largest absolute Gasteiger partial charge is 0.493 e. The zero-order valence-electron chi connectivity index (χ0n) is 11.8. The molecule has 0 bridgehead atoms. The van der Waals surface area contributed by atoms with E-state index in [-0.39, 0.29) is 11.7 Å². The number of halogens is 1. The first-order chi connectivity index (χ1) is 8.69. The summed E-state index contributed by atoms with van der Waals surface area (Å²) in [7, 11) is 1.76. The second-order valence-electron chi connectivity index (χ2n) is 5.32. The average Bonchev–Trinajstić information content (AvgIpc) is 2.23. The fourth-order valence-electron chi connectivity index (χ4n) is 1.86. The highest BCUT2D eigenvalue weighted by molar-refractivity contribution is 8.13. The van der Waals surface area contributed by atoms with Gasteiger partial charge in [0.1, 0.15) is 5.75 Å². The van der Waals surface area contributed by atoms with Crippen molar-refractivity contribution in [2.45, 2.75) is 33.6 Å². The van der Waals surface area contributed by atoms with E-state index in [4.69, 9.17) is 15.4 Å². The molecule has 19 heavy (non-hydrogen) atoms. The quantitative estimate of drug-likeness (QED) is 0.753. The zero-order chi connectivity index (χ0) is 14.6. The summed E-state index contributed by atoms with van der Waals surface area (Å²) in [4.78, 5) is 0. The van der Waals surface area contributed by atoms with Crippen LogP contribution in [0, 0.1) is 12.8 Å². The van der Waals surface area contributed by atoms with Crippen LogP contribution in [-0.2, 0) is 9.05 Å². The Morgan fingerprint density at radius 2 is 1.89 bits per heavy atom. The SMILES string of the molecule is Cc1ccc(C(C)C)c(OCC(C)CS(=O)(=O)Cl)c1. The lowest BCUT2D eigenvalue weighted by Gasteiger charge is -2.17. The van der Waals surface area contributed by atoms with Crippen molar-refractivity contribution < 1.29 is 13.2 Å². The molecule has 0 heterocycles. The van der Waals surface area contributed by atoms with Gasteiger partial charge in [0, 0.05) is 16.6 Å². The first-order valence-electron chi connectivity index (χ1n) is 6.34. The van der Waals surface area contributed by atoms with Gasteiger partial charge in [-0.25, -0.2) is 8.42 Å². The molecule has 0 fully saturated rings. The summed E-state index contributed by atoms with van der Waals surface area (Å²) in [5.41, 5.74) is 2.25. The Morgan fingerprint density at radius 3 is 2.42 bits per heavy atom. The molecule has 0 aliphatic carbocycles. The number of ether oxygens (including phenoxy) is 1. The predicted molar refractivity (Wildman–Crippen MR) is 79.6 cm³/mol. The second-order valence-corrected chi connectivity index (χ2v) is 8.14. The lowest BCUT2D eigenvalue weighted by molar-refractivity contribution is 0.268. The molecule has 0 radical (unpaired) electrons. The monoisotopic (exact) mass is 304 g/mol. The molecule has 0 saturated heterocycles. The van der Waals surface area contributed by atoms with E-state index in [2.05, 4.69) is 26.0 Å². The van der Waals surface area contributed by atoms with E-state index < -0.39 is 9.05 Å². The van der Waals surface area contributed by atoms with E-state index >= 15 is 0 Å². The molecular weight excluding hydrogens is 284 g/mol. The summed E-state index contributed by atoms with van der Waals surface area (Å²) >= 11 is 0. The molecule has 0 N–H and O–H groups in total. The number of hydrogen-bond donors (Lipinski definition) is 0. The third-order valence-electron chi connectivity index (χ3n) is 2.80. The first-order valence-corrected chi connectivity index (χ1v) is 8.82. The zero-order valence-corrected chi connectivity index (χ0v) is 13.4. The van der Waals surface area contributed by atoms with Crippen molar-refractivity contribution in [2.75, 3.05) is 12.4 Å². The second kappa shape index (κ2) is 6.62. The number of hydrogen-bond acceptors (Lipinski definition) is 3. The molecular formula is C14H21ClO3S. The van der Waals surface area contributed by atoms with E-state index in [1.165, 1.54) is 0 Å². The number of aryl methyl sites for hydroxylation is 1. The first kappa shape index (κ1) is 16.3. The molecule has 0 amide bonds. The summed E-state index contributed by atoms with van der Waals surface area (Å²) in [6, 6.07) is 6.09. The van der Waals surface area contributed by atoms with E-state index in [0.29, 0.717) is 12.5 Å². The van der Waals surface area contributed by atoms with Crippen LogP contribution in [0.5, 0.6) is 5.75 Å². The van der Waals surface area contributed by atoms with Gasteiger partial charge in [-0.3, -0.25) is 0 Å². The van der Waals surface area contributed by atoms with Crippen LogP contribution in [0.4, 0.5) is 0 Å². The van der Waals surface area contributed by atoms with Crippen molar-refractivity contribution in [2.24, 2.45) is 5.92 Å². The van der Waals surface area contributed by atoms with E-state index in [1.54, 1.807) is 0 Å². The standard InChI is InChI=1S/C14H21ClO3S/c1-10(2)13-6-5-11(3)7-14(13)18-8-12(4)9-19(15,16)17/h5-7,10,12H,8-9H2,1-4H3. The molecule has 1 rings (SSSR count). The molecule has 108 valence electrons. The van der Waals surface area contributed by atoms with Crippen LogP contribution in [0.15, 0.2) is 18.2 Å². The van der Waals surface area contributed by atoms with Crippen LogP contribution >= 0.6 is 10.7 Å². The molecule has 0 saturated carbocycles. The lowest BCUT2D eigenvalue weighted by atomic mass is 10.0. The fourth-order valence-corrected chi connectivity index (χ4v) is 3.28. The molecule has 0 aromatic heterocycles. The van der Waals surface area contributed by atoms with Gasteiger partial charge in [-0.15, -0.1) is 0 Å². The highest BCUT2D eigenvalue weighted by Crippen LogP contribution is 2.27. The smallest absolute Gasteiger partial charge is 0.232 e. The molecule has 1 unspecified atom stereocenters. The van der Waals surface area contributed by atoms with E-state index in [9.17, 15) is 8.42 Å². The van der Waals surface area contributed by atoms with Crippen LogP contribution in [0.2, 0.25) is 0 Å². The normalized spacial score (nSPS) is 13.6. The minimum Gasteiger partial charge on any atom is -0.493 e. The van der Waals surface area contributed by atoms with Crippen molar-refractivity contribution in [1.82, 2.24) is 0 Å². The van der Waals surface area contributed by atoms with E-state index in [1.807, 2.05) is 19.9 Å². The van der Waals surface area contributed by atoms with Gasteiger partial charge in [-0.05, 0) is 30.0 Å². The molecule has 5 heteroatoms. The topological polar surface area (TPSA) is 43.4 Å². The van der Waals surface area contributed by atoms with Crippen molar-refractivity contribution in [3.63, 3.8) is 0 Å². The van der Waals surface area contributed by atoms with Gasteiger partial charge in [0.2, 0.25) is 9.05 Å². The Kier molecular flexibility index (Phi) is 5.68. The highest BCUT2D eigenvalue weighted by atomic mass is 35.7. The summed E-state index contributed by atoms with van der Waals surface area (Å²) in [6.45, 7) is 8.36. The van der Waals surface area contributed by atoms with Gasteiger partial charge in [0.15, 0.2) is 0 Å². The van der Waals surface area contributed by atoms with Gasteiger partial charge in [0.25, 0.3) is 0 Å². The lowest BCUT2D eigenvalue weighted by Crippen LogP contribution is -2.17. The molecule has 1 aromatic rings. The maximum absolute atomic E-state index is 11.0. The van der Waals surface area contributed by atoms with Crippen molar-refractivity contribution >= 4 is 19.7 Å². The molecule has 0 spiro atoms. The van der Waals surface area contributed by atoms with Crippen LogP contribution in [0.3, 0.4) is 0 Å². The Hall–Kier alpha value is -0.740. The van der Waals surface area contributed by atoms with Crippen LogP contribution in [0.1, 0.15) is 37.8 Å². The predicted octanol–water partition coefficient (Wildman–Crippen LogP) is 3.70. The van der Waals surface area contributed by atoms with Gasteiger partial charge < -0.3 is 4.74 Å². The van der Waals surface area contributed by atoms with Crippen LogP contribution in [0.25, 0.3) is 0 Å². The summed E-state index contributed by atoms with van der Waals surface area (Å²) in [6.07, 6.45) is 0. The summed E-state index contributed by atoms with van der Waals surface area (Å²) in [5, 5.41) is 0. The number of rotatable bonds is 6. The van der Waals surface area contributed by atoms with Gasteiger partial charge in [0.05, 0.1) is 12.4 Å². The minimum absolute atomic E-state index is 0.0720. The molecule has 0 aliphatic rings. The van der Waals surface area contributed by atoms with Gasteiger partial charge in [-0.1, -0.05) is 32.9 Å². The molecule has 3 nitrogen and oxygen atoms in total. The van der Waals surface area contributed by atoms with Crippen molar-refractivity contribution in [3.05, 3.63) is 29.3 Å². The highest BCUT2D eigenvalue weighted by Gasteiger charge is 2.15. The fraction of sp³-hybridized carbons (Fsp3) is 0.571. The van der Waals surface area contributed by atoms with Gasteiger partial charge in [-0.2, -0.15) is 0 Å². The molecule has 1 aromatic carbocycles. The Bertz CT molecular complexity index is 523. The Labute approximate surface area is 120 Å².